The molecule has 3 rings (SSSR count). The molecule has 1 saturated heterocycles. The zero-order chi connectivity index (χ0) is 21.0. The van der Waals surface area contributed by atoms with Gasteiger partial charge in [-0.15, -0.1) is 0 Å². The van der Waals surface area contributed by atoms with Crippen molar-refractivity contribution in [3.8, 4) is 0 Å². The van der Waals surface area contributed by atoms with Gasteiger partial charge in [-0.3, -0.25) is 9.59 Å². The number of carbonyl (C=O) groups excluding carboxylic acids is 3. The lowest BCUT2D eigenvalue weighted by atomic mass is 9.98. The number of carbonyl (C=O) groups is 3. The first-order valence-electron chi connectivity index (χ1n) is 9.76. The van der Waals surface area contributed by atoms with E-state index in [1.807, 2.05) is 0 Å². The fraction of sp³-hybridized carbons (Fsp3) is 0.348. The first kappa shape index (κ1) is 21.1. The minimum absolute atomic E-state index is 0.138. The molecule has 0 radical (unpaired) electrons. The highest BCUT2D eigenvalue weighted by atomic mass is 35.5. The lowest BCUT2D eigenvalue weighted by molar-refractivity contribution is -0.141. The number of esters is 1. The Bertz CT molecular complexity index is 901. The molecule has 0 saturated carbocycles. The second kappa shape index (κ2) is 9.23. The summed E-state index contributed by atoms with van der Waals surface area (Å²) in [5.41, 5.74) is 0.784. The monoisotopic (exact) mass is 413 g/mol. The van der Waals surface area contributed by atoms with Crippen molar-refractivity contribution in [3.05, 3.63) is 70.2 Å². The number of amides is 1. The summed E-state index contributed by atoms with van der Waals surface area (Å²) in [6.45, 7) is 5.09. The predicted octanol–water partition coefficient (Wildman–Crippen LogP) is 4.37. The molecule has 29 heavy (non-hydrogen) atoms. The van der Waals surface area contributed by atoms with E-state index in [4.69, 9.17) is 16.3 Å². The first-order chi connectivity index (χ1) is 13.9. The Morgan fingerprint density at radius 3 is 2.21 bits per heavy atom. The molecule has 0 unspecified atom stereocenters. The van der Waals surface area contributed by atoms with E-state index in [9.17, 15) is 14.4 Å². The molecule has 1 amide bonds. The maximum Gasteiger partial charge on any atom is 0.339 e. The quantitative estimate of drug-likeness (QED) is 0.539. The largest absolute Gasteiger partial charge is 0.449 e. The molecule has 5 nitrogen and oxygen atoms in total. The van der Waals surface area contributed by atoms with Crippen LogP contribution in [-0.2, 0) is 9.53 Å². The van der Waals surface area contributed by atoms with Crippen molar-refractivity contribution in [2.75, 3.05) is 13.1 Å². The minimum atomic E-state index is -0.908. The molecule has 2 aromatic rings. The zero-order valence-electron chi connectivity index (χ0n) is 16.6. The predicted molar refractivity (Wildman–Crippen MR) is 111 cm³/mol. The van der Waals surface area contributed by atoms with Gasteiger partial charge in [-0.05, 0) is 56.0 Å². The van der Waals surface area contributed by atoms with Crippen LogP contribution in [0.4, 0.5) is 0 Å². The van der Waals surface area contributed by atoms with Crippen molar-refractivity contribution < 1.29 is 19.1 Å². The number of ether oxygens (including phenoxy) is 1. The van der Waals surface area contributed by atoms with Crippen LogP contribution in [0, 0.1) is 5.92 Å². The van der Waals surface area contributed by atoms with Crippen LogP contribution in [0.25, 0.3) is 0 Å². The van der Waals surface area contributed by atoms with E-state index in [-0.39, 0.29) is 22.8 Å². The molecule has 2 aromatic carbocycles. The van der Waals surface area contributed by atoms with E-state index in [1.165, 1.54) is 6.07 Å². The van der Waals surface area contributed by atoms with Gasteiger partial charge in [0.1, 0.15) is 0 Å². The fourth-order valence-electron chi connectivity index (χ4n) is 3.38. The Morgan fingerprint density at radius 2 is 1.59 bits per heavy atom. The van der Waals surface area contributed by atoms with Crippen LogP contribution >= 0.6 is 11.6 Å². The van der Waals surface area contributed by atoms with Crippen molar-refractivity contribution in [2.24, 2.45) is 5.92 Å². The molecule has 0 bridgehead atoms. The van der Waals surface area contributed by atoms with Gasteiger partial charge in [-0.2, -0.15) is 0 Å². The Morgan fingerprint density at radius 1 is 1.00 bits per heavy atom. The molecule has 0 spiro atoms. The standard InChI is InChI=1S/C23H24ClNO4/c1-15-11-13-25(14-12-15)22(27)16(2)29-23(28)20-6-4-3-5-19(20)21(26)17-7-9-18(24)10-8-17/h3-10,15-16H,11-14H2,1-2H3/t16-/m0/s1. The van der Waals surface area contributed by atoms with Crippen molar-refractivity contribution in [1.29, 1.82) is 0 Å². The van der Waals surface area contributed by atoms with Gasteiger partial charge in [-0.1, -0.05) is 36.7 Å². The molecular weight excluding hydrogens is 390 g/mol. The van der Waals surface area contributed by atoms with Crippen LogP contribution in [-0.4, -0.2) is 41.8 Å². The Balaban J connectivity index is 1.73. The summed E-state index contributed by atoms with van der Waals surface area (Å²) >= 11 is 5.88. The SMILES string of the molecule is CC1CCN(C(=O)[C@H](C)OC(=O)c2ccccc2C(=O)c2ccc(Cl)cc2)CC1. The van der Waals surface area contributed by atoms with Gasteiger partial charge in [0, 0.05) is 29.2 Å². The average Bonchev–Trinajstić information content (AvgIpc) is 2.73. The zero-order valence-corrected chi connectivity index (χ0v) is 17.3. The number of nitrogens with zero attached hydrogens (tertiary/aromatic N) is 1. The van der Waals surface area contributed by atoms with E-state index in [0.717, 1.165) is 12.8 Å². The summed E-state index contributed by atoms with van der Waals surface area (Å²) in [4.78, 5) is 39.9. The second-order valence-corrected chi connectivity index (χ2v) is 7.87. The van der Waals surface area contributed by atoms with E-state index in [2.05, 4.69) is 6.92 Å². The van der Waals surface area contributed by atoms with Crippen LogP contribution in [0.15, 0.2) is 48.5 Å². The van der Waals surface area contributed by atoms with Crippen LogP contribution in [0.1, 0.15) is 53.0 Å². The fourth-order valence-corrected chi connectivity index (χ4v) is 3.50. The highest BCUT2D eigenvalue weighted by molar-refractivity contribution is 6.30. The van der Waals surface area contributed by atoms with Crippen LogP contribution in [0.5, 0.6) is 0 Å². The molecule has 0 N–H and O–H groups in total. The lowest BCUT2D eigenvalue weighted by Gasteiger charge is -2.31. The van der Waals surface area contributed by atoms with Gasteiger partial charge in [0.2, 0.25) is 0 Å². The maximum absolute atomic E-state index is 12.9. The minimum Gasteiger partial charge on any atom is -0.449 e. The summed E-state index contributed by atoms with van der Waals surface area (Å²) < 4.78 is 5.42. The Hall–Kier alpha value is -2.66. The van der Waals surface area contributed by atoms with Crippen molar-refractivity contribution in [2.45, 2.75) is 32.8 Å². The average molecular weight is 414 g/mol. The molecule has 1 aliphatic rings. The third-order valence-electron chi connectivity index (χ3n) is 5.22. The summed E-state index contributed by atoms with van der Waals surface area (Å²) in [6.07, 6.45) is 0.991. The normalized spacial score (nSPS) is 15.6. The van der Waals surface area contributed by atoms with E-state index in [0.29, 0.717) is 29.6 Å². The van der Waals surface area contributed by atoms with Crippen molar-refractivity contribution in [3.63, 3.8) is 0 Å². The number of hydrogen-bond acceptors (Lipinski definition) is 4. The number of benzene rings is 2. The van der Waals surface area contributed by atoms with E-state index in [1.54, 1.807) is 54.3 Å². The third-order valence-corrected chi connectivity index (χ3v) is 5.48. The third kappa shape index (κ3) is 5.04. The number of piperidine rings is 1. The molecule has 1 aliphatic heterocycles. The molecular formula is C23H24ClNO4. The van der Waals surface area contributed by atoms with E-state index >= 15 is 0 Å². The van der Waals surface area contributed by atoms with Gasteiger partial charge in [-0.25, -0.2) is 4.79 Å². The highest BCUT2D eigenvalue weighted by Crippen LogP contribution is 2.20. The van der Waals surface area contributed by atoms with Gasteiger partial charge in [0.05, 0.1) is 5.56 Å². The molecule has 152 valence electrons. The van der Waals surface area contributed by atoms with Gasteiger partial charge >= 0.3 is 5.97 Å². The highest BCUT2D eigenvalue weighted by Gasteiger charge is 2.28. The molecule has 1 atom stereocenters. The number of likely N-dealkylation sites (tertiary alicyclic amines) is 1. The molecule has 0 aliphatic carbocycles. The molecule has 1 fully saturated rings. The number of ketones is 1. The van der Waals surface area contributed by atoms with Gasteiger partial charge < -0.3 is 9.64 Å². The topological polar surface area (TPSA) is 63.7 Å². The van der Waals surface area contributed by atoms with Crippen LogP contribution in [0.3, 0.4) is 0 Å². The van der Waals surface area contributed by atoms with Gasteiger partial charge in [0.25, 0.3) is 5.91 Å². The van der Waals surface area contributed by atoms with Crippen LogP contribution in [0.2, 0.25) is 5.02 Å². The summed E-state index contributed by atoms with van der Waals surface area (Å²) in [6, 6.07) is 12.9. The molecule has 0 aromatic heterocycles. The Labute approximate surface area is 175 Å². The van der Waals surface area contributed by atoms with Crippen LogP contribution < -0.4 is 0 Å². The van der Waals surface area contributed by atoms with Gasteiger partial charge in [0.15, 0.2) is 11.9 Å². The summed E-state index contributed by atoms with van der Waals surface area (Å²) in [5.74, 6) is -0.596. The molecule has 1 heterocycles. The number of rotatable bonds is 5. The van der Waals surface area contributed by atoms with E-state index < -0.39 is 12.1 Å². The summed E-state index contributed by atoms with van der Waals surface area (Å²) in [5, 5.41) is 0.522. The maximum atomic E-state index is 12.9. The summed E-state index contributed by atoms with van der Waals surface area (Å²) in [7, 11) is 0. The number of halogens is 1. The van der Waals surface area contributed by atoms with Crippen molar-refractivity contribution >= 4 is 29.3 Å². The smallest absolute Gasteiger partial charge is 0.339 e. The number of hydrogen-bond donors (Lipinski definition) is 0. The molecule has 6 heteroatoms. The lowest BCUT2D eigenvalue weighted by Crippen LogP contribution is -2.44. The Kier molecular flexibility index (Phi) is 6.70. The van der Waals surface area contributed by atoms with Crippen molar-refractivity contribution in [1.82, 2.24) is 4.90 Å². The first-order valence-corrected chi connectivity index (χ1v) is 10.1. The second-order valence-electron chi connectivity index (χ2n) is 7.44.